The van der Waals surface area contributed by atoms with Crippen molar-refractivity contribution in [2.24, 2.45) is 17.3 Å². The molecule has 4 aromatic rings. The standard InChI is InChI=1S/C31H27F3N6O2/c1-4-5-23(42)40-16-21-24(30(21,2)3)26(40)29-38-25(27-28(35)37-12-13-39(27)29)18-8-6-17(7-9-18)22(41)15-20-14-19(10-11-36-20)31(32,33)34/h6-14,21,24,26H,15-16H2,1-3H3,(H2,35,37)/t21-,24-,26-/m0/s1. The molecule has 1 aliphatic carbocycles. The van der Waals surface area contributed by atoms with E-state index >= 15 is 0 Å². The van der Waals surface area contributed by atoms with Crippen LogP contribution in [0, 0.1) is 29.1 Å². The summed E-state index contributed by atoms with van der Waals surface area (Å²) in [4.78, 5) is 40.9. The van der Waals surface area contributed by atoms with Crippen molar-refractivity contribution in [3.8, 4) is 23.1 Å². The summed E-state index contributed by atoms with van der Waals surface area (Å²) in [5.74, 6) is 6.21. The SMILES string of the molecule is CC#CC(=O)N1C[C@H]2[C@@H]([C@H]1c1nc(-c3ccc(C(=O)Cc4cc(C(F)(F)F)ccn4)cc3)c3c(N)nccn13)C2(C)C. The molecular weight excluding hydrogens is 545 g/mol. The van der Waals surface area contributed by atoms with Crippen LogP contribution in [0.3, 0.4) is 0 Å². The van der Waals surface area contributed by atoms with Crippen molar-refractivity contribution in [2.75, 3.05) is 12.3 Å². The number of benzene rings is 1. The van der Waals surface area contributed by atoms with Crippen molar-refractivity contribution >= 4 is 23.0 Å². The fraction of sp³-hybridized carbons (Fsp3) is 0.323. The molecule has 1 saturated carbocycles. The van der Waals surface area contributed by atoms with Crippen LogP contribution in [0.4, 0.5) is 19.0 Å². The lowest BCUT2D eigenvalue weighted by molar-refractivity contribution is -0.137. The third-order valence-corrected chi connectivity index (χ3v) is 8.54. The number of Topliss-reactive ketones (excluding diaryl/α,β-unsaturated/α-hetero) is 1. The number of pyridine rings is 1. The number of fused-ring (bicyclic) bond motifs is 2. The number of carbonyl (C=O) groups excluding carboxylic acids is 2. The Morgan fingerprint density at radius 2 is 1.86 bits per heavy atom. The average Bonchev–Trinajstić information content (AvgIpc) is 3.28. The van der Waals surface area contributed by atoms with Crippen molar-refractivity contribution in [1.82, 2.24) is 24.3 Å². The van der Waals surface area contributed by atoms with Gasteiger partial charge in [0.25, 0.3) is 5.91 Å². The van der Waals surface area contributed by atoms with Crippen LogP contribution in [0.2, 0.25) is 0 Å². The van der Waals surface area contributed by atoms with Gasteiger partial charge in [-0.25, -0.2) is 9.97 Å². The van der Waals surface area contributed by atoms with E-state index in [4.69, 9.17) is 10.7 Å². The number of nitrogen functional groups attached to an aromatic ring is 1. The summed E-state index contributed by atoms with van der Waals surface area (Å²) in [6.07, 6.45) is -0.388. The topological polar surface area (TPSA) is 106 Å². The van der Waals surface area contributed by atoms with E-state index in [0.717, 1.165) is 18.3 Å². The minimum absolute atomic E-state index is 0.0345. The molecule has 2 aliphatic rings. The first-order chi connectivity index (χ1) is 19.9. The van der Waals surface area contributed by atoms with Gasteiger partial charge in [0.05, 0.1) is 18.0 Å². The molecule has 6 rings (SSSR count). The number of nitrogens with zero attached hydrogens (tertiary/aromatic N) is 5. The summed E-state index contributed by atoms with van der Waals surface area (Å²) in [7, 11) is 0. The number of hydrogen-bond donors (Lipinski definition) is 1. The molecule has 8 nitrogen and oxygen atoms in total. The number of likely N-dealkylation sites (tertiary alicyclic amines) is 1. The molecule has 42 heavy (non-hydrogen) atoms. The highest BCUT2D eigenvalue weighted by molar-refractivity contribution is 5.98. The van der Waals surface area contributed by atoms with Gasteiger partial charge in [-0.3, -0.25) is 19.0 Å². The van der Waals surface area contributed by atoms with E-state index < -0.39 is 11.7 Å². The maximum Gasteiger partial charge on any atom is 0.416 e. The van der Waals surface area contributed by atoms with Gasteiger partial charge in [0, 0.05) is 42.0 Å². The Morgan fingerprint density at radius 1 is 1.12 bits per heavy atom. The van der Waals surface area contributed by atoms with Crippen LogP contribution in [-0.2, 0) is 17.4 Å². The summed E-state index contributed by atoms with van der Waals surface area (Å²) < 4.78 is 41.1. The molecule has 2 fully saturated rings. The highest BCUT2D eigenvalue weighted by Crippen LogP contribution is 2.69. The lowest BCUT2D eigenvalue weighted by Gasteiger charge is -2.28. The van der Waals surface area contributed by atoms with Crippen LogP contribution < -0.4 is 5.73 Å². The fourth-order valence-corrected chi connectivity index (χ4v) is 6.30. The fourth-order valence-electron chi connectivity index (χ4n) is 6.30. The number of carbonyl (C=O) groups is 2. The van der Waals surface area contributed by atoms with Gasteiger partial charge in [-0.1, -0.05) is 44.0 Å². The zero-order valence-electron chi connectivity index (χ0n) is 23.1. The number of hydrogen-bond acceptors (Lipinski definition) is 6. The second-order valence-corrected chi connectivity index (χ2v) is 11.3. The minimum Gasteiger partial charge on any atom is -0.382 e. The van der Waals surface area contributed by atoms with Crippen molar-refractivity contribution < 1.29 is 22.8 Å². The number of alkyl halides is 3. The second kappa shape index (κ2) is 9.69. The molecule has 1 saturated heterocycles. The second-order valence-electron chi connectivity index (χ2n) is 11.3. The first kappa shape index (κ1) is 27.4. The van der Waals surface area contributed by atoms with Crippen LogP contribution in [0.5, 0.6) is 0 Å². The van der Waals surface area contributed by atoms with Crippen LogP contribution in [0.15, 0.2) is 55.0 Å². The van der Waals surface area contributed by atoms with E-state index in [1.165, 1.54) is 0 Å². The van der Waals surface area contributed by atoms with Crippen LogP contribution in [0.1, 0.15) is 54.3 Å². The summed E-state index contributed by atoms with van der Waals surface area (Å²) in [6.45, 7) is 6.62. The maximum atomic E-state index is 13.1. The Morgan fingerprint density at radius 3 is 2.55 bits per heavy atom. The molecule has 2 N–H and O–H groups in total. The molecule has 4 heterocycles. The summed E-state index contributed by atoms with van der Waals surface area (Å²) in [5, 5.41) is 0. The van der Waals surface area contributed by atoms with Crippen LogP contribution in [-0.4, -0.2) is 42.5 Å². The van der Waals surface area contributed by atoms with E-state index in [1.54, 1.807) is 48.5 Å². The van der Waals surface area contributed by atoms with Crippen molar-refractivity contribution in [2.45, 2.75) is 39.4 Å². The number of halogens is 3. The third-order valence-electron chi connectivity index (χ3n) is 8.54. The van der Waals surface area contributed by atoms with Gasteiger partial charge in [-0.05, 0) is 42.2 Å². The molecule has 0 spiro atoms. The van der Waals surface area contributed by atoms with Gasteiger partial charge in [0.1, 0.15) is 22.9 Å². The summed E-state index contributed by atoms with van der Waals surface area (Å²) in [6, 6.07) is 8.09. The number of piperidine rings is 1. The monoisotopic (exact) mass is 572 g/mol. The zero-order valence-corrected chi connectivity index (χ0v) is 23.1. The number of ketones is 1. The third kappa shape index (κ3) is 4.47. The number of rotatable bonds is 5. The molecule has 214 valence electrons. The Balaban J connectivity index is 1.34. The first-order valence-corrected chi connectivity index (χ1v) is 13.4. The Labute approximate surface area is 239 Å². The van der Waals surface area contributed by atoms with Crippen molar-refractivity contribution in [3.63, 3.8) is 0 Å². The van der Waals surface area contributed by atoms with Gasteiger partial charge in [0.15, 0.2) is 5.78 Å². The van der Waals surface area contributed by atoms with Crippen LogP contribution >= 0.6 is 0 Å². The lowest BCUT2D eigenvalue weighted by atomic mass is 10.0. The maximum absolute atomic E-state index is 13.1. The van der Waals surface area contributed by atoms with Crippen LogP contribution in [0.25, 0.3) is 16.8 Å². The molecule has 3 atom stereocenters. The average molecular weight is 573 g/mol. The van der Waals surface area contributed by atoms with Gasteiger partial charge in [0.2, 0.25) is 0 Å². The molecule has 0 radical (unpaired) electrons. The molecule has 1 aliphatic heterocycles. The molecule has 11 heteroatoms. The van der Waals surface area contributed by atoms with E-state index in [1.807, 2.05) is 4.40 Å². The molecular formula is C31H27F3N6O2. The Hall–Kier alpha value is -4.72. The molecule has 0 unspecified atom stereocenters. The number of aromatic nitrogens is 4. The number of imidazole rings is 1. The van der Waals surface area contributed by atoms with Gasteiger partial charge in [-0.2, -0.15) is 13.2 Å². The van der Waals surface area contributed by atoms with Gasteiger partial charge in [-0.15, -0.1) is 0 Å². The summed E-state index contributed by atoms with van der Waals surface area (Å²) in [5.41, 5.74) is 7.68. The first-order valence-electron chi connectivity index (χ1n) is 13.4. The number of nitrogens with two attached hydrogens (primary N) is 1. The smallest absolute Gasteiger partial charge is 0.382 e. The van der Waals surface area contributed by atoms with E-state index in [0.29, 0.717) is 40.6 Å². The number of amides is 1. The van der Waals surface area contributed by atoms with E-state index in [2.05, 4.69) is 35.7 Å². The zero-order chi connectivity index (χ0) is 30.0. The summed E-state index contributed by atoms with van der Waals surface area (Å²) >= 11 is 0. The van der Waals surface area contributed by atoms with Crippen molar-refractivity contribution in [1.29, 1.82) is 0 Å². The highest BCUT2D eigenvalue weighted by atomic mass is 19.4. The molecule has 1 aromatic carbocycles. The Bertz CT molecular complexity index is 1800. The van der Waals surface area contributed by atoms with Gasteiger partial charge < -0.3 is 10.6 Å². The normalized spacial score (nSPS) is 20.6. The Kier molecular flexibility index (Phi) is 6.33. The molecule has 3 aromatic heterocycles. The van der Waals surface area contributed by atoms with Gasteiger partial charge >= 0.3 is 6.18 Å². The minimum atomic E-state index is -4.52. The van der Waals surface area contributed by atoms with Crippen molar-refractivity contribution in [3.05, 3.63) is 77.6 Å². The predicted octanol–water partition coefficient (Wildman–Crippen LogP) is 5.00. The largest absolute Gasteiger partial charge is 0.416 e. The lowest BCUT2D eigenvalue weighted by Crippen LogP contribution is -2.35. The predicted molar refractivity (Wildman–Crippen MR) is 149 cm³/mol. The van der Waals surface area contributed by atoms with E-state index in [-0.39, 0.29) is 47.0 Å². The number of anilines is 1. The molecule has 1 amide bonds. The highest BCUT2D eigenvalue weighted by Gasteiger charge is 2.68. The molecule has 0 bridgehead atoms. The quantitative estimate of drug-likeness (QED) is 0.267. The van der Waals surface area contributed by atoms with E-state index in [9.17, 15) is 22.8 Å².